The molecule has 1 fully saturated rings. The lowest BCUT2D eigenvalue weighted by atomic mass is 9.90. The molecule has 1 aliphatic rings. The monoisotopic (exact) mass is 688 g/mol. The van der Waals surface area contributed by atoms with Gasteiger partial charge < -0.3 is 18.7 Å². The van der Waals surface area contributed by atoms with Gasteiger partial charge in [-0.2, -0.15) is 0 Å². The van der Waals surface area contributed by atoms with Crippen LogP contribution in [0, 0.1) is 23.7 Å². The number of ether oxygens (including phenoxy) is 1. The van der Waals surface area contributed by atoms with Gasteiger partial charge in [0.1, 0.15) is 5.44 Å². The van der Waals surface area contributed by atoms with Crippen molar-refractivity contribution in [3.05, 3.63) is 22.7 Å². The first kappa shape index (κ1) is 38.7. The van der Waals surface area contributed by atoms with Gasteiger partial charge in [0.2, 0.25) is 0 Å². The predicted molar refractivity (Wildman–Crippen MR) is 184 cm³/mol. The number of hydrogen-bond donors (Lipinski definition) is 1. The zero-order valence-corrected chi connectivity index (χ0v) is 32.1. The van der Waals surface area contributed by atoms with Crippen molar-refractivity contribution < 1.29 is 23.5 Å². The van der Waals surface area contributed by atoms with E-state index in [0.717, 1.165) is 17.3 Å². The molecule has 9 heteroatoms. The molecular weight excluding hydrogens is 632 g/mol. The van der Waals surface area contributed by atoms with Crippen molar-refractivity contribution in [3.63, 3.8) is 0 Å². The lowest BCUT2D eigenvalue weighted by Crippen LogP contribution is -2.45. The fourth-order valence-corrected chi connectivity index (χ4v) is 8.82. The highest BCUT2D eigenvalue weighted by molar-refractivity contribution is 9.11. The van der Waals surface area contributed by atoms with Gasteiger partial charge in [-0.05, 0) is 79.3 Å². The van der Waals surface area contributed by atoms with Gasteiger partial charge in [-0.15, -0.1) is 17.7 Å². The summed E-state index contributed by atoms with van der Waals surface area (Å²) in [6.45, 7) is 24.6. The van der Waals surface area contributed by atoms with E-state index >= 15 is 0 Å². The van der Waals surface area contributed by atoms with Crippen molar-refractivity contribution >= 4 is 50.3 Å². The van der Waals surface area contributed by atoms with Gasteiger partial charge in [-0.3, -0.25) is 4.79 Å². The van der Waals surface area contributed by atoms with E-state index in [1.807, 2.05) is 6.92 Å². The first-order valence-corrected chi connectivity index (χ1v) is 22.6. The molecule has 1 aliphatic carbocycles. The molecule has 0 aliphatic heterocycles. The molecule has 236 valence electrons. The lowest BCUT2D eigenvalue weighted by molar-refractivity contribution is -0.140. The zero-order chi connectivity index (χ0) is 31.6. The summed E-state index contributed by atoms with van der Waals surface area (Å²) >= 11 is 5.49. The van der Waals surface area contributed by atoms with Crippen molar-refractivity contribution in [3.8, 4) is 11.8 Å². The molecule has 0 heterocycles. The van der Waals surface area contributed by atoms with Gasteiger partial charge >= 0.3 is 5.97 Å². The number of methoxy groups -OCH3 is 1. The molecule has 0 aromatic heterocycles. The Labute approximate surface area is 266 Å². The maximum Gasteiger partial charge on any atom is 0.305 e. The number of halogens is 1. The summed E-state index contributed by atoms with van der Waals surface area (Å²) in [5.41, 5.74) is -0.110. The molecular formula is C32H57BrO5SSi2. The van der Waals surface area contributed by atoms with Gasteiger partial charge in [0.15, 0.2) is 16.6 Å². The Kier molecular flexibility index (Phi) is 15.7. The highest BCUT2D eigenvalue weighted by Gasteiger charge is 2.47. The summed E-state index contributed by atoms with van der Waals surface area (Å²) in [5, 5.41) is 11.5. The highest BCUT2D eigenvalue weighted by atomic mass is 79.9. The summed E-state index contributed by atoms with van der Waals surface area (Å²) < 4.78 is 19.6. The summed E-state index contributed by atoms with van der Waals surface area (Å²) in [4.78, 5) is 11.5. The van der Waals surface area contributed by atoms with Crippen molar-refractivity contribution in [2.24, 2.45) is 11.8 Å². The van der Waals surface area contributed by atoms with Gasteiger partial charge in [0.25, 0.3) is 0 Å². The maximum absolute atomic E-state index is 11.5. The molecule has 1 rings (SSSR count). The predicted octanol–water partition coefficient (Wildman–Crippen LogP) is 9.05. The van der Waals surface area contributed by atoms with Crippen LogP contribution in [0.15, 0.2) is 22.7 Å². The van der Waals surface area contributed by atoms with E-state index in [1.165, 1.54) is 7.11 Å². The van der Waals surface area contributed by atoms with Gasteiger partial charge in [0, 0.05) is 12.3 Å². The second-order valence-electron chi connectivity index (χ2n) is 14.2. The van der Waals surface area contributed by atoms with E-state index in [1.54, 1.807) is 11.8 Å². The van der Waals surface area contributed by atoms with Crippen LogP contribution in [0.5, 0.6) is 0 Å². The van der Waals surface area contributed by atoms with E-state index in [0.29, 0.717) is 25.0 Å². The van der Waals surface area contributed by atoms with Gasteiger partial charge in [0.05, 0.1) is 25.1 Å². The van der Waals surface area contributed by atoms with Crippen LogP contribution in [0.25, 0.3) is 0 Å². The summed E-state index contributed by atoms with van der Waals surface area (Å²) in [6.07, 6.45) is 9.33. The number of carbonyl (C=O) groups is 1. The average Bonchev–Trinajstić information content (AvgIpc) is 3.11. The minimum atomic E-state index is -2.06. The van der Waals surface area contributed by atoms with Crippen LogP contribution in [0.1, 0.15) is 80.6 Å². The Morgan fingerprint density at radius 3 is 2.27 bits per heavy atom. The standard InChI is InChI=1S/C32H57BrO5SSi2/c1-13-14-21-39-30(38-41(11,12)32(5,6)7)20-19-25-26(22-24(33)17-15-16-18-29(35)36-8)27(34)23-28(25)37-40(9,10)31(2,3)4/h17,19-20,25-28,30,34H,15-16,18,21-23H2,1-12H3/b20-19+,24-17-/t25-,26-,27?,28?,30?/m1/s1. The molecule has 0 saturated heterocycles. The molecule has 41 heavy (non-hydrogen) atoms. The number of rotatable bonds is 14. The Hall–Kier alpha value is -0.346. The molecule has 0 aromatic rings. The SMILES string of the molecule is CC#CCSC(/C=C/[C@H]1C(O[Si](C)(C)C(C)(C)C)CC(O)[C@@H]1C/C(Br)=C/CCCC(=O)OC)O[Si](C)(C)C(C)(C)C. The van der Waals surface area contributed by atoms with Crippen molar-refractivity contribution in [1.29, 1.82) is 0 Å². The molecule has 0 spiro atoms. The van der Waals surface area contributed by atoms with E-state index < -0.39 is 22.7 Å². The number of unbranched alkanes of at least 4 members (excludes halogenated alkanes) is 1. The Morgan fingerprint density at radius 1 is 1.12 bits per heavy atom. The largest absolute Gasteiger partial charge is 0.469 e. The van der Waals surface area contributed by atoms with E-state index in [-0.39, 0.29) is 39.4 Å². The fourth-order valence-electron chi connectivity index (χ4n) is 4.25. The summed E-state index contributed by atoms with van der Waals surface area (Å²) in [6, 6.07) is 0. The third-order valence-corrected chi connectivity index (χ3v) is 19.6. The quantitative estimate of drug-likeness (QED) is 0.0491. The van der Waals surface area contributed by atoms with Crippen molar-refractivity contribution in [2.45, 2.75) is 134 Å². The lowest BCUT2D eigenvalue weighted by Gasteiger charge is -2.40. The Balaban J connectivity index is 3.31. The number of aliphatic hydroxyl groups excluding tert-OH is 1. The molecule has 3 unspecified atom stereocenters. The normalized spacial score (nSPS) is 23.4. The number of carbonyl (C=O) groups excluding carboxylic acids is 1. The number of hydrogen-bond acceptors (Lipinski definition) is 6. The van der Waals surface area contributed by atoms with Crippen LogP contribution in [0.4, 0.5) is 0 Å². The summed E-state index contributed by atoms with van der Waals surface area (Å²) in [5.74, 6) is 6.77. The second-order valence-corrected chi connectivity index (χ2v) is 25.8. The Morgan fingerprint density at radius 2 is 1.73 bits per heavy atom. The number of thioether (sulfide) groups is 1. The van der Waals surface area contributed by atoms with Crippen LogP contribution in [-0.4, -0.2) is 58.2 Å². The first-order chi connectivity index (χ1) is 18.8. The zero-order valence-electron chi connectivity index (χ0n) is 27.7. The minimum Gasteiger partial charge on any atom is -0.469 e. The molecule has 0 radical (unpaired) electrons. The summed E-state index contributed by atoms with van der Waals surface area (Å²) in [7, 11) is -2.65. The molecule has 5 nitrogen and oxygen atoms in total. The number of aliphatic hydroxyl groups is 1. The van der Waals surface area contributed by atoms with Crippen molar-refractivity contribution in [2.75, 3.05) is 12.9 Å². The maximum atomic E-state index is 11.5. The van der Waals surface area contributed by atoms with Gasteiger partial charge in [-0.25, -0.2) is 0 Å². The average molecular weight is 690 g/mol. The van der Waals surface area contributed by atoms with Crippen LogP contribution < -0.4 is 0 Å². The second kappa shape index (κ2) is 16.6. The van der Waals surface area contributed by atoms with Crippen LogP contribution in [0.2, 0.25) is 36.3 Å². The van der Waals surface area contributed by atoms with E-state index in [9.17, 15) is 9.90 Å². The smallest absolute Gasteiger partial charge is 0.305 e. The van der Waals surface area contributed by atoms with Crippen LogP contribution in [-0.2, 0) is 18.4 Å². The molecule has 5 atom stereocenters. The van der Waals surface area contributed by atoms with Crippen LogP contribution >= 0.6 is 27.7 Å². The highest BCUT2D eigenvalue weighted by Crippen LogP contribution is 2.46. The van der Waals surface area contributed by atoms with Crippen molar-refractivity contribution in [1.82, 2.24) is 0 Å². The molecule has 0 aromatic carbocycles. The fraction of sp³-hybridized carbons (Fsp3) is 0.781. The molecule has 0 bridgehead atoms. The van der Waals surface area contributed by atoms with E-state index in [4.69, 9.17) is 13.6 Å². The molecule has 1 saturated carbocycles. The third kappa shape index (κ3) is 12.7. The molecule has 1 N–H and O–H groups in total. The first-order valence-electron chi connectivity index (χ1n) is 14.9. The van der Waals surface area contributed by atoms with Crippen LogP contribution in [0.3, 0.4) is 0 Å². The van der Waals surface area contributed by atoms with E-state index in [2.05, 4.69) is 114 Å². The minimum absolute atomic E-state index is 0.0150. The topological polar surface area (TPSA) is 65.0 Å². The number of allylic oxidation sites excluding steroid dienone is 2. The Bertz CT molecular complexity index is 956. The van der Waals surface area contributed by atoms with Gasteiger partial charge in [-0.1, -0.05) is 81.6 Å². The number of esters is 1. The third-order valence-electron chi connectivity index (χ3n) is 8.96. The molecule has 0 amide bonds.